The van der Waals surface area contributed by atoms with Gasteiger partial charge in [-0.15, -0.1) is 0 Å². The fourth-order valence-electron chi connectivity index (χ4n) is 3.29. The third-order valence-corrected chi connectivity index (χ3v) is 4.92. The van der Waals surface area contributed by atoms with Gasteiger partial charge in [-0.25, -0.2) is 4.68 Å². The molecule has 0 aliphatic rings. The van der Waals surface area contributed by atoms with Crippen LogP contribution in [0.4, 0.5) is 0 Å². The van der Waals surface area contributed by atoms with Crippen molar-refractivity contribution in [2.75, 3.05) is 0 Å². The molecule has 0 saturated heterocycles. The van der Waals surface area contributed by atoms with Gasteiger partial charge in [0.1, 0.15) is 5.75 Å². The predicted octanol–water partition coefficient (Wildman–Crippen LogP) is 5.43. The Labute approximate surface area is 172 Å². The molecule has 0 radical (unpaired) electrons. The van der Waals surface area contributed by atoms with Crippen LogP contribution in [0.2, 0.25) is 0 Å². The molecule has 5 nitrogen and oxygen atoms in total. The second-order valence-corrected chi connectivity index (χ2v) is 7.50. The van der Waals surface area contributed by atoms with Gasteiger partial charge in [-0.2, -0.15) is 5.10 Å². The van der Waals surface area contributed by atoms with E-state index < -0.39 is 0 Å². The van der Waals surface area contributed by atoms with Gasteiger partial charge >= 0.3 is 0 Å². The number of hydrogen-bond donors (Lipinski definition) is 0. The summed E-state index contributed by atoms with van der Waals surface area (Å²) in [6.45, 7) is 10.4. The minimum atomic E-state index is 0.0914. The fourth-order valence-corrected chi connectivity index (χ4v) is 3.29. The third-order valence-electron chi connectivity index (χ3n) is 4.92. The third kappa shape index (κ3) is 4.67. The van der Waals surface area contributed by atoms with E-state index in [1.165, 1.54) is 0 Å². The molecular formula is C24H29N3O2. The second-order valence-electron chi connectivity index (χ2n) is 7.50. The van der Waals surface area contributed by atoms with Crippen LogP contribution in [0.25, 0.3) is 5.69 Å². The Morgan fingerprint density at radius 3 is 2.45 bits per heavy atom. The van der Waals surface area contributed by atoms with Crippen molar-refractivity contribution >= 4 is 5.91 Å². The Morgan fingerprint density at radius 1 is 1.10 bits per heavy atom. The molecular weight excluding hydrogens is 362 g/mol. The molecule has 0 aliphatic heterocycles. The number of amides is 1. The quantitative estimate of drug-likeness (QED) is 0.540. The van der Waals surface area contributed by atoms with Crippen molar-refractivity contribution in [1.82, 2.24) is 14.7 Å². The van der Waals surface area contributed by atoms with Gasteiger partial charge in [0, 0.05) is 12.5 Å². The van der Waals surface area contributed by atoms with Crippen LogP contribution in [-0.4, -0.2) is 26.6 Å². The number of rotatable bonds is 7. The zero-order valence-corrected chi connectivity index (χ0v) is 17.8. The van der Waals surface area contributed by atoms with Gasteiger partial charge in [-0.3, -0.25) is 4.79 Å². The van der Waals surface area contributed by atoms with Gasteiger partial charge in [0.2, 0.25) is 11.8 Å². The van der Waals surface area contributed by atoms with Crippen LogP contribution in [0.15, 0.2) is 54.6 Å². The summed E-state index contributed by atoms with van der Waals surface area (Å²) in [4.78, 5) is 14.4. The molecule has 2 aromatic carbocycles. The molecule has 0 saturated carbocycles. The number of aromatic nitrogens is 2. The average molecular weight is 392 g/mol. The van der Waals surface area contributed by atoms with Crippen LogP contribution in [0, 0.1) is 13.8 Å². The number of hydrogen-bond acceptors (Lipinski definition) is 3. The van der Waals surface area contributed by atoms with E-state index >= 15 is 0 Å². The fraction of sp³-hybridized carbons (Fsp3) is 0.333. The smallest absolute Gasteiger partial charge is 0.227 e. The molecule has 5 heteroatoms. The standard InChI is InChI=1S/C24H29N3O2/c1-6-23(28)26(17(2)3)16-22-19(5)25-27(20-12-8-7-9-13-20)24(22)29-21-14-10-11-18(4)15-21/h7-15,17H,6,16H2,1-5H3. The summed E-state index contributed by atoms with van der Waals surface area (Å²) in [5.41, 5.74) is 3.82. The number of carbonyl (C=O) groups is 1. The zero-order valence-electron chi connectivity index (χ0n) is 17.8. The Bertz CT molecular complexity index is 977. The van der Waals surface area contributed by atoms with Crippen molar-refractivity contribution < 1.29 is 9.53 Å². The van der Waals surface area contributed by atoms with E-state index in [0.29, 0.717) is 18.8 Å². The highest BCUT2D eigenvalue weighted by atomic mass is 16.5. The maximum atomic E-state index is 12.5. The lowest BCUT2D eigenvalue weighted by Crippen LogP contribution is -2.36. The average Bonchev–Trinajstić information content (AvgIpc) is 3.01. The Morgan fingerprint density at radius 2 is 1.83 bits per heavy atom. The highest BCUT2D eigenvalue weighted by Gasteiger charge is 2.24. The molecule has 0 fully saturated rings. The predicted molar refractivity (Wildman–Crippen MR) is 116 cm³/mol. The van der Waals surface area contributed by atoms with Gasteiger partial charge in [0.15, 0.2) is 0 Å². The van der Waals surface area contributed by atoms with E-state index in [9.17, 15) is 4.79 Å². The lowest BCUT2D eigenvalue weighted by molar-refractivity contribution is -0.133. The molecule has 0 atom stereocenters. The van der Waals surface area contributed by atoms with Crippen molar-refractivity contribution in [3.63, 3.8) is 0 Å². The molecule has 1 amide bonds. The molecule has 0 spiro atoms. The summed E-state index contributed by atoms with van der Waals surface area (Å²) < 4.78 is 8.17. The first-order chi connectivity index (χ1) is 13.9. The summed E-state index contributed by atoms with van der Waals surface area (Å²) in [6, 6.07) is 18.0. The van der Waals surface area contributed by atoms with Crippen molar-refractivity contribution in [3.8, 4) is 17.3 Å². The van der Waals surface area contributed by atoms with E-state index in [1.807, 2.05) is 98.8 Å². The van der Waals surface area contributed by atoms with Crippen LogP contribution in [0.3, 0.4) is 0 Å². The number of carbonyl (C=O) groups excluding carboxylic acids is 1. The molecule has 1 aromatic heterocycles. The van der Waals surface area contributed by atoms with E-state index in [2.05, 4.69) is 0 Å². The minimum absolute atomic E-state index is 0.0914. The van der Waals surface area contributed by atoms with Crippen molar-refractivity contribution in [3.05, 3.63) is 71.4 Å². The lowest BCUT2D eigenvalue weighted by Gasteiger charge is -2.26. The van der Waals surface area contributed by atoms with Crippen LogP contribution >= 0.6 is 0 Å². The van der Waals surface area contributed by atoms with Crippen molar-refractivity contribution in [2.24, 2.45) is 0 Å². The normalized spacial score (nSPS) is 11.0. The summed E-state index contributed by atoms with van der Waals surface area (Å²) in [6.07, 6.45) is 0.470. The second kappa shape index (κ2) is 8.95. The summed E-state index contributed by atoms with van der Waals surface area (Å²) in [7, 11) is 0. The van der Waals surface area contributed by atoms with E-state index in [0.717, 1.165) is 28.3 Å². The number of benzene rings is 2. The number of para-hydroxylation sites is 1. The molecule has 29 heavy (non-hydrogen) atoms. The molecule has 0 N–H and O–H groups in total. The summed E-state index contributed by atoms with van der Waals surface area (Å²) in [5.74, 6) is 1.52. The van der Waals surface area contributed by atoms with Crippen molar-refractivity contribution in [2.45, 2.75) is 53.6 Å². The van der Waals surface area contributed by atoms with Crippen molar-refractivity contribution in [1.29, 1.82) is 0 Å². The van der Waals surface area contributed by atoms with Crippen LogP contribution in [-0.2, 0) is 11.3 Å². The molecule has 152 valence electrons. The lowest BCUT2D eigenvalue weighted by atomic mass is 10.2. The van der Waals surface area contributed by atoms with E-state index in [-0.39, 0.29) is 11.9 Å². The first-order valence-electron chi connectivity index (χ1n) is 10.1. The first-order valence-corrected chi connectivity index (χ1v) is 10.1. The maximum Gasteiger partial charge on any atom is 0.227 e. The minimum Gasteiger partial charge on any atom is -0.439 e. The maximum absolute atomic E-state index is 12.5. The summed E-state index contributed by atoms with van der Waals surface area (Å²) in [5, 5.41) is 4.75. The largest absolute Gasteiger partial charge is 0.439 e. The SMILES string of the molecule is CCC(=O)N(Cc1c(C)nn(-c2ccccc2)c1Oc1cccc(C)c1)C(C)C. The monoisotopic (exact) mass is 391 g/mol. The van der Waals surface area contributed by atoms with E-state index in [4.69, 9.17) is 9.84 Å². The zero-order chi connectivity index (χ0) is 21.0. The van der Waals surface area contributed by atoms with Gasteiger partial charge in [-0.1, -0.05) is 37.3 Å². The Balaban J connectivity index is 2.09. The van der Waals surface area contributed by atoms with Gasteiger partial charge in [0.25, 0.3) is 0 Å². The summed E-state index contributed by atoms with van der Waals surface area (Å²) >= 11 is 0. The Kier molecular flexibility index (Phi) is 6.37. The first kappa shape index (κ1) is 20.6. The molecule has 3 aromatic rings. The number of nitrogens with zero attached hydrogens (tertiary/aromatic N) is 3. The van der Waals surface area contributed by atoms with Crippen LogP contribution < -0.4 is 4.74 Å². The number of aryl methyl sites for hydroxylation is 2. The highest BCUT2D eigenvalue weighted by Crippen LogP contribution is 2.32. The van der Waals surface area contributed by atoms with Crippen LogP contribution in [0.1, 0.15) is 44.0 Å². The van der Waals surface area contributed by atoms with Crippen LogP contribution in [0.5, 0.6) is 11.6 Å². The molecule has 3 rings (SSSR count). The molecule has 0 bridgehead atoms. The molecule has 0 aliphatic carbocycles. The van der Waals surface area contributed by atoms with Gasteiger partial charge < -0.3 is 9.64 Å². The Hall–Kier alpha value is -3.08. The molecule has 1 heterocycles. The highest BCUT2D eigenvalue weighted by molar-refractivity contribution is 5.76. The van der Waals surface area contributed by atoms with Gasteiger partial charge in [-0.05, 0) is 57.5 Å². The van der Waals surface area contributed by atoms with E-state index in [1.54, 1.807) is 0 Å². The van der Waals surface area contributed by atoms with Gasteiger partial charge in [0.05, 0.1) is 23.5 Å². The molecule has 0 unspecified atom stereocenters. The number of ether oxygens (including phenoxy) is 1. The topological polar surface area (TPSA) is 47.4 Å².